The largest absolute Gasteiger partial charge is 0.493 e. The molecule has 0 aliphatic rings. The predicted octanol–water partition coefficient (Wildman–Crippen LogP) is 0.977. The third-order valence-electron chi connectivity index (χ3n) is 3.41. The Morgan fingerprint density at radius 1 is 1.04 bits per heavy atom. The average Bonchev–Trinajstić information content (AvgIpc) is 2.65. The smallest absolute Gasteiger partial charge is 0.325 e. The van der Waals surface area contributed by atoms with Gasteiger partial charge in [0.25, 0.3) is 5.91 Å². The van der Waals surface area contributed by atoms with E-state index in [9.17, 15) is 14.4 Å². The lowest BCUT2D eigenvalue weighted by molar-refractivity contribution is -0.152. The number of hydrogen-bond donors (Lipinski definition) is 0. The molecular weight excluding hydrogens is 342 g/mol. The number of allylic oxidation sites excluding steroid dienone is 1. The Balaban J connectivity index is 2.81. The number of ether oxygens (including phenoxy) is 4. The summed E-state index contributed by atoms with van der Waals surface area (Å²) in [6.07, 6.45) is 2.43. The fourth-order valence-electron chi connectivity index (χ4n) is 2.03. The lowest BCUT2D eigenvalue weighted by atomic mass is 10.1. The lowest BCUT2D eigenvalue weighted by Crippen LogP contribution is -2.42. The summed E-state index contributed by atoms with van der Waals surface area (Å²) < 4.78 is 19.8. The summed E-state index contributed by atoms with van der Waals surface area (Å²) in [6, 6.07) is 5.28. The minimum absolute atomic E-state index is 0.366. The zero-order valence-electron chi connectivity index (χ0n) is 15.1. The molecule has 26 heavy (non-hydrogen) atoms. The molecule has 0 aliphatic heterocycles. The fourth-order valence-corrected chi connectivity index (χ4v) is 2.03. The molecule has 1 aromatic rings. The highest BCUT2D eigenvalue weighted by Crippen LogP contribution is 2.28. The number of esters is 2. The molecule has 0 unspecified atom stereocenters. The average molecular weight is 365 g/mol. The van der Waals surface area contributed by atoms with Crippen LogP contribution in [-0.2, 0) is 30.3 Å². The highest BCUT2D eigenvalue weighted by Gasteiger charge is 2.22. The number of benzene rings is 1. The molecule has 0 saturated heterocycles. The van der Waals surface area contributed by atoms with E-state index in [1.807, 2.05) is 6.07 Å². The lowest BCUT2D eigenvalue weighted by Gasteiger charge is -2.20. The third kappa shape index (κ3) is 6.46. The minimum Gasteiger partial charge on any atom is -0.493 e. The molecule has 0 bridgehead atoms. The van der Waals surface area contributed by atoms with Crippen LogP contribution in [0.4, 0.5) is 0 Å². The van der Waals surface area contributed by atoms with Crippen LogP contribution in [0.25, 0.3) is 0 Å². The van der Waals surface area contributed by atoms with Crippen LogP contribution in [0, 0.1) is 0 Å². The normalized spacial score (nSPS) is 9.81. The maximum Gasteiger partial charge on any atom is 0.325 e. The quantitative estimate of drug-likeness (QED) is 0.451. The topological polar surface area (TPSA) is 91.4 Å². The molecule has 0 aliphatic carbocycles. The maximum atomic E-state index is 12.3. The molecule has 1 rings (SSSR count). The second-order valence-electron chi connectivity index (χ2n) is 5.17. The Bertz CT molecular complexity index is 639. The summed E-state index contributed by atoms with van der Waals surface area (Å²) in [5, 5.41) is 0. The van der Waals surface area contributed by atoms with Gasteiger partial charge in [-0.3, -0.25) is 14.4 Å². The second kappa shape index (κ2) is 10.8. The van der Waals surface area contributed by atoms with Crippen LogP contribution in [0.2, 0.25) is 0 Å². The molecule has 0 aromatic heterocycles. The number of carbonyl (C=O) groups excluding carboxylic acids is 3. The number of carbonyl (C=O) groups is 3. The van der Waals surface area contributed by atoms with Gasteiger partial charge in [-0.15, -0.1) is 6.58 Å². The monoisotopic (exact) mass is 365 g/mol. The highest BCUT2D eigenvalue weighted by molar-refractivity contribution is 5.86. The van der Waals surface area contributed by atoms with Crippen LogP contribution in [0.15, 0.2) is 30.9 Å². The standard InChI is InChI=1S/C18H23NO7/c1-5-6-13-7-8-14(15(9-13)23-2)26-12-16(20)19(10-17(21)24-3)11-18(22)25-4/h5,7-9H,1,6,10-12H2,2-4H3. The zero-order valence-corrected chi connectivity index (χ0v) is 15.1. The summed E-state index contributed by atoms with van der Waals surface area (Å²) in [5.74, 6) is -1.06. The number of rotatable bonds is 10. The van der Waals surface area contributed by atoms with E-state index in [4.69, 9.17) is 9.47 Å². The van der Waals surface area contributed by atoms with Gasteiger partial charge in [0.2, 0.25) is 0 Å². The summed E-state index contributed by atoms with van der Waals surface area (Å²) in [4.78, 5) is 36.2. The van der Waals surface area contributed by atoms with Crippen molar-refractivity contribution in [2.24, 2.45) is 0 Å². The van der Waals surface area contributed by atoms with Crippen LogP contribution in [0.5, 0.6) is 11.5 Å². The molecular formula is C18H23NO7. The van der Waals surface area contributed by atoms with Gasteiger partial charge >= 0.3 is 11.9 Å². The van der Waals surface area contributed by atoms with Gasteiger partial charge in [-0.25, -0.2) is 0 Å². The molecule has 0 atom stereocenters. The van der Waals surface area contributed by atoms with Crippen LogP contribution in [-0.4, -0.2) is 63.8 Å². The SMILES string of the molecule is C=CCc1ccc(OCC(=O)N(CC(=O)OC)CC(=O)OC)c(OC)c1. The Morgan fingerprint density at radius 2 is 1.65 bits per heavy atom. The van der Waals surface area contributed by atoms with Gasteiger partial charge in [0.05, 0.1) is 21.3 Å². The van der Waals surface area contributed by atoms with Gasteiger partial charge in [-0.1, -0.05) is 12.1 Å². The van der Waals surface area contributed by atoms with E-state index in [1.165, 1.54) is 21.3 Å². The first-order valence-electron chi connectivity index (χ1n) is 7.77. The molecule has 0 fully saturated rings. The Labute approximate surface area is 152 Å². The molecule has 0 heterocycles. The number of nitrogens with zero attached hydrogens (tertiary/aromatic N) is 1. The number of amides is 1. The van der Waals surface area contributed by atoms with Crippen molar-refractivity contribution < 1.29 is 33.3 Å². The predicted molar refractivity (Wildman–Crippen MR) is 93.0 cm³/mol. The Hall–Kier alpha value is -3.03. The van der Waals surface area contributed by atoms with Crippen molar-refractivity contribution in [1.82, 2.24) is 4.90 Å². The van der Waals surface area contributed by atoms with E-state index < -0.39 is 17.8 Å². The van der Waals surface area contributed by atoms with Crippen molar-refractivity contribution in [3.05, 3.63) is 36.4 Å². The maximum absolute atomic E-state index is 12.3. The first-order chi connectivity index (χ1) is 12.4. The second-order valence-corrected chi connectivity index (χ2v) is 5.17. The van der Waals surface area contributed by atoms with Crippen LogP contribution in [0.3, 0.4) is 0 Å². The van der Waals surface area contributed by atoms with Gasteiger partial charge in [-0.05, 0) is 24.1 Å². The third-order valence-corrected chi connectivity index (χ3v) is 3.41. The molecule has 1 amide bonds. The highest BCUT2D eigenvalue weighted by atomic mass is 16.5. The van der Waals surface area contributed by atoms with Gasteiger partial charge in [0.1, 0.15) is 13.1 Å². The van der Waals surface area contributed by atoms with Crippen molar-refractivity contribution in [1.29, 1.82) is 0 Å². The van der Waals surface area contributed by atoms with Gasteiger partial charge in [0, 0.05) is 0 Å². The van der Waals surface area contributed by atoms with Gasteiger partial charge in [-0.2, -0.15) is 0 Å². The van der Waals surface area contributed by atoms with E-state index in [2.05, 4.69) is 16.1 Å². The van der Waals surface area contributed by atoms with E-state index in [1.54, 1.807) is 18.2 Å². The molecule has 8 heteroatoms. The summed E-state index contributed by atoms with van der Waals surface area (Å²) in [6.45, 7) is 2.52. The van der Waals surface area contributed by atoms with Crippen molar-refractivity contribution in [2.45, 2.75) is 6.42 Å². The van der Waals surface area contributed by atoms with E-state index in [-0.39, 0.29) is 19.7 Å². The van der Waals surface area contributed by atoms with Gasteiger partial charge in [0.15, 0.2) is 18.1 Å². The Kier molecular flexibility index (Phi) is 8.69. The van der Waals surface area contributed by atoms with Crippen LogP contribution in [0.1, 0.15) is 5.56 Å². The van der Waals surface area contributed by atoms with Crippen LogP contribution < -0.4 is 9.47 Å². The van der Waals surface area contributed by atoms with E-state index >= 15 is 0 Å². The van der Waals surface area contributed by atoms with E-state index in [0.29, 0.717) is 17.9 Å². The van der Waals surface area contributed by atoms with Crippen molar-refractivity contribution in [3.63, 3.8) is 0 Å². The van der Waals surface area contributed by atoms with Crippen LogP contribution >= 0.6 is 0 Å². The van der Waals surface area contributed by atoms with Crippen molar-refractivity contribution >= 4 is 17.8 Å². The summed E-state index contributed by atoms with van der Waals surface area (Å²) >= 11 is 0. The number of hydrogen-bond acceptors (Lipinski definition) is 7. The molecule has 0 radical (unpaired) electrons. The summed E-state index contributed by atoms with van der Waals surface area (Å²) in [7, 11) is 3.87. The Morgan fingerprint density at radius 3 is 2.15 bits per heavy atom. The number of methoxy groups -OCH3 is 3. The zero-order chi connectivity index (χ0) is 19.5. The molecule has 1 aromatic carbocycles. The summed E-state index contributed by atoms with van der Waals surface area (Å²) in [5.41, 5.74) is 0.980. The first-order valence-corrected chi connectivity index (χ1v) is 7.77. The van der Waals surface area contributed by atoms with E-state index in [0.717, 1.165) is 10.5 Å². The first kappa shape index (κ1) is 21.0. The molecule has 0 spiro atoms. The van der Waals surface area contributed by atoms with Crippen molar-refractivity contribution in [3.8, 4) is 11.5 Å². The van der Waals surface area contributed by atoms with Crippen molar-refractivity contribution in [2.75, 3.05) is 41.0 Å². The fraction of sp³-hybridized carbons (Fsp3) is 0.389. The molecule has 0 saturated carbocycles. The molecule has 0 N–H and O–H groups in total. The molecule has 142 valence electrons. The van der Waals surface area contributed by atoms with Gasteiger partial charge < -0.3 is 23.8 Å². The molecule has 8 nitrogen and oxygen atoms in total. The minimum atomic E-state index is -0.659.